The third-order valence-corrected chi connectivity index (χ3v) is 5.01. The van der Waals surface area contributed by atoms with Gasteiger partial charge in [0.05, 0.1) is 12.2 Å². The Morgan fingerprint density at radius 3 is 2.78 bits per heavy atom. The van der Waals surface area contributed by atoms with Crippen molar-refractivity contribution in [3.63, 3.8) is 0 Å². The number of halogens is 2. The van der Waals surface area contributed by atoms with E-state index in [4.69, 9.17) is 5.10 Å². The Labute approximate surface area is 162 Å². The highest BCUT2D eigenvalue weighted by Crippen LogP contribution is 2.39. The van der Waals surface area contributed by atoms with Gasteiger partial charge in [0, 0.05) is 42.0 Å². The highest BCUT2D eigenvalue weighted by molar-refractivity contribution is 5.99. The number of rotatable bonds is 2. The molecule has 1 aliphatic heterocycles. The van der Waals surface area contributed by atoms with Crippen LogP contribution in [0.2, 0.25) is 0 Å². The minimum Gasteiger partial charge on any atom is -0.346 e. The quantitative estimate of drug-likeness (QED) is 0.548. The lowest BCUT2D eigenvalue weighted by molar-refractivity contribution is 0.477. The first-order valence-corrected chi connectivity index (χ1v) is 8.72. The Bertz CT molecular complexity index is 1110. The number of nitrogens with zero attached hydrogens (tertiary/aromatic N) is 3. The van der Waals surface area contributed by atoms with Crippen LogP contribution in [0.25, 0.3) is 33.4 Å². The number of hydrogen-bond donors (Lipinski definition) is 2. The SMILES string of the molecule is Cc1c[nH]c2nccc(-c3c(-c4ccc(F)cc4)nn4c3CNCC4)c12.Cl. The second-order valence-corrected chi connectivity index (χ2v) is 6.63. The number of H-pyrrole nitrogens is 1. The Morgan fingerprint density at radius 2 is 1.96 bits per heavy atom. The van der Waals surface area contributed by atoms with E-state index in [1.165, 1.54) is 12.1 Å². The summed E-state index contributed by atoms with van der Waals surface area (Å²) in [5.74, 6) is -0.242. The summed E-state index contributed by atoms with van der Waals surface area (Å²) >= 11 is 0. The minimum absolute atomic E-state index is 0. The van der Waals surface area contributed by atoms with Crippen LogP contribution in [0.3, 0.4) is 0 Å². The van der Waals surface area contributed by atoms with E-state index in [-0.39, 0.29) is 18.2 Å². The van der Waals surface area contributed by atoms with E-state index in [9.17, 15) is 4.39 Å². The predicted octanol–water partition coefficient (Wildman–Crippen LogP) is 4.07. The molecule has 0 spiro atoms. The van der Waals surface area contributed by atoms with E-state index in [2.05, 4.69) is 26.9 Å². The van der Waals surface area contributed by atoms with E-state index in [0.717, 1.165) is 64.3 Å². The molecule has 0 atom stereocenters. The predicted molar refractivity (Wildman–Crippen MR) is 106 cm³/mol. The van der Waals surface area contributed by atoms with Gasteiger partial charge in [-0.15, -0.1) is 12.4 Å². The van der Waals surface area contributed by atoms with Gasteiger partial charge in [-0.25, -0.2) is 9.37 Å². The molecule has 2 N–H and O–H groups in total. The zero-order valence-corrected chi connectivity index (χ0v) is 15.6. The third kappa shape index (κ3) is 2.81. The van der Waals surface area contributed by atoms with Crippen LogP contribution in [0.5, 0.6) is 0 Å². The molecule has 0 saturated carbocycles. The van der Waals surface area contributed by atoms with Gasteiger partial charge in [0.2, 0.25) is 0 Å². The van der Waals surface area contributed by atoms with Crippen LogP contribution >= 0.6 is 12.4 Å². The lowest BCUT2D eigenvalue weighted by Gasteiger charge is -2.16. The topological polar surface area (TPSA) is 58.5 Å². The lowest BCUT2D eigenvalue weighted by Crippen LogP contribution is -2.28. The number of nitrogens with one attached hydrogen (secondary N) is 2. The lowest BCUT2D eigenvalue weighted by atomic mass is 9.96. The molecule has 27 heavy (non-hydrogen) atoms. The highest BCUT2D eigenvalue weighted by Gasteiger charge is 2.24. The Hall–Kier alpha value is -2.70. The first kappa shape index (κ1) is 17.7. The second kappa shape index (κ2) is 6.79. The smallest absolute Gasteiger partial charge is 0.138 e. The molecule has 4 heterocycles. The number of aromatic nitrogens is 4. The molecule has 0 unspecified atom stereocenters. The average molecular weight is 384 g/mol. The van der Waals surface area contributed by atoms with Gasteiger partial charge < -0.3 is 10.3 Å². The van der Waals surface area contributed by atoms with Crippen molar-refractivity contribution >= 4 is 23.4 Å². The fraction of sp³-hybridized carbons (Fsp3) is 0.200. The van der Waals surface area contributed by atoms with Gasteiger partial charge in [0.25, 0.3) is 0 Å². The zero-order chi connectivity index (χ0) is 17.7. The van der Waals surface area contributed by atoms with Crippen LogP contribution in [-0.4, -0.2) is 26.3 Å². The molecule has 4 aromatic rings. The van der Waals surface area contributed by atoms with Crippen LogP contribution < -0.4 is 5.32 Å². The third-order valence-electron chi connectivity index (χ3n) is 5.01. The van der Waals surface area contributed by atoms with Crippen molar-refractivity contribution in [3.05, 3.63) is 59.8 Å². The molecule has 0 saturated heterocycles. The first-order chi connectivity index (χ1) is 12.7. The zero-order valence-electron chi connectivity index (χ0n) is 14.8. The van der Waals surface area contributed by atoms with Crippen molar-refractivity contribution in [1.29, 1.82) is 0 Å². The van der Waals surface area contributed by atoms with Gasteiger partial charge >= 0.3 is 0 Å². The van der Waals surface area contributed by atoms with Crippen LogP contribution in [-0.2, 0) is 13.1 Å². The molecular weight excluding hydrogens is 365 g/mol. The molecule has 0 amide bonds. The van der Waals surface area contributed by atoms with E-state index in [1.54, 1.807) is 12.1 Å². The van der Waals surface area contributed by atoms with Crippen LogP contribution in [0, 0.1) is 12.7 Å². The Balaban J connectivity index is 0.00000180. The second-order valence-electron chi connectivity index (χ2n) is 6.63. The summed E-state index contributed by atoms with van der Waals surface area (Å²) in [6, 6.07) is 8.60. The van der Waals surface area contributed by atoms with Crippen molar-refractivity contribution in [2.75, 3.05) is 6.54 Å². The number of benzene rings is 1. The molecule has 0 radical (unpaired) electrons. The van der Waals surface area contributed by atoms with Crippen molar-refractivity contribution in [2.24, 2.45) is 0 Å². The summed E-state index contributed by atoms with van der Waals surface area (Å²) in [7, 11) is 0. The molecule has 0 aliphatic carbocycles. The molecule has 7 heteroatoms. The highest BCUT2D eigenvalue weighted by atomic mass is 35.5. The normalized spacial score (nSPS) is 13.4. The maximum absolute atomic E-state index is 13.4. The fourth-order valence-corrected chi connectivity index (χ4v) is 3.77. The summed E-state index contributed by atoms with van der Waals surface area (Å²) in [6.45, 7) is 4.56. The first-order valence-electron chi connectivity index (χ1n) is 8.72. The van der Waals surface area contributed by atoms with E-state index in [1.807, 2.05) is 18.5 Å². The van der Waals surface area contributed by atoms with Gasteiger partial charge in [0.15, 0.2) is 0 Å². The Morgan fingerprint density at radius 1 is 1.15 bits per heavy atom. The molecule has 0 bridgehead atoms. The van der Waals surface area contributed by atoms with Gasteiger partial charge in [-0.05, 0) is 48.4 Å². The molecule has 5 nitrogen and oxygen atoms in total. The van der Waals surface area contributed by atoms with Crippen LogP contribution in [0.15, 0.2) is 42.7 Å². The van der Waals surface area contributed by atoms with Crippen molar-refractivity contribution in [1.82, 2.24) is 25.1 Å². The molecule has 1 aromatic carbocycles. The monoisotopic (exact) mass is 383 g/mol. The van der Waals surface area contributed by atoms with Crippen molar-refractivity contribution in [3.8, 4) is 22.4 Å². The molecule has 5 rings (SSSR count). The summed E-state index contributed by atoms with van der Waals surface area (Å²) < 4.78 is 15.5. The summed E-state index contributed by atoms with van der Waals surface area (Å²) in [6.07, 6.45) is 3.80. The van der Waals surface area contributed by atoms with Gasteiger partial charge in [-0.3, -0.25) is 4.68 Å². The van der Waals surface area contributed by atoms with E-state index >= 15 is 0 Å². The van der Waals surface area contributed by atoms with Gasteiger partial charge in [-0.2, -0.15) is 5.10 Å². The van der Waals surface area contributed by atoms with Crippen LogP contribution in [0.4, 0.5) is 4.39 Å². The summed E-state index contributed by atoms with van der Waals surface area (Å²) in [5, 5.41) is 9.42. The molecular formula is C20H19ClFN5. The molecule has 3 aromatic heterocycles. The number of pyridine rings is 1. The number of hydrogen-bond acceptors (Lipinski definition) is 3. The number of aryl methyl sites for hydroxylation is 1. The average Bonchev–Trinajstić information content (AvgIpc) is 3.23. The number of aromatic amines is 1. The van der Waals surface area contributed by atoms with Gasteiger partial charge in [0.1, 0.15) is 17.2 Å². The van der Waals surface area contributed by atoms with E-state index in [0.29, 0.717) is 0 Å². The minimum atomic E-state index is -0.242. The summed E-state index contributed by atoms with van der Waals surface area (Å²) in [4.78, 5) is 7.68. The molecule has 0 fully saturated rings. The summed E-state index contributed by atoms with van der Waals surface area (Å²) in [5.41, 5.74) is 7.18. The van der Waals surface area contributed by atoms with Crippen molar-refractivity contribution in [2.45, 2.75) is 20.0 Å². The standard InChI is InChI=1S/C20H18FN5.ClH/c1-12-10-24-20-17(12)15(6-7-23-20)18-16-11-22-8-9-26(16)25-19(18)13-2-4-14(21)5-3-13;/h2-7,10,22H,8-9,11H2,1H3,(H,23,24);1H. The van der Waals surface area contributed by atoms with Gasteiger partial charge in [-0.1, -0.05) is 0 Å². The Kier molecular flexibility index (Phi) is 4.45. The van der Waals surface area contributed by atoms with Crippen molar-refractivity contribution < 1.29 is 4.39 Å². The molecule has 138 valence electrons. The maximum atomic E-state index is 13.4. The van der Waals surface area contributed by atoms with E-state index < -0.39 is 0 Å². The maximum Gasteiger partial charge on any atom is 0.138 e. The molecule has 1 aliphatic rings. The largest absolute Gasteiger partial charge is 0.346 e. The number of fused-ring (bicyclic) bond motifs is 2. The van der Waals surface area contributed by atoms with Crippen LogP contribution in [0.1, 0.15) is 11.3 Å². The fourth-order valence-electron chi connectivity index (χ4n) is 3.77.